The van der Waals surface area contributed by atoms with Crippen molar-refractivity contribution in [2.24, 2.45) is 0 Å². The maximum atomic E-state index is 11.9. The summed E-state index contributed by atoms with van der Waals surface area (Å²) in [4.78, 5) is 26.1. The van der Waals surface area contributed by atoms with Crippen LogP contribution in [-0.4, -0.2) is 62.0 Å². The van der Waals surface area contributed by atoms with Gasteiger partial charge in [0.25, 0.3) is 5.91 Å². The van der Waals surface area contributed by atoms with Crippen LogP contribution >= 0.6 is 0 Å². The molecule has 1 aromatic rings. The zero-order chi connectivity index (χ0) is 15.8. The van der Waals surface area contributed by atoms with E-state index in [0.29, 0.717) is 12.1 Å². The quantitative estimate of drug-likeness (QED) is 0.608. The van der Waals surface area contributed by atoms with E-state index < -0.39 is 6.04 Å². The van der Waals surface area contributed by atoms with Crippen molar-refractivity contribution in [2.45, 2.75) is 19.4 Å². The lowest BCUT2D eigenvalue weighted by molar-refractivity contribution is -0.122. The summed E-state index contributed by atoms with van der Waals surface area (Å²) in [5.41, 5.74) is 0.415. The molecule has 1 saturated heterocycles. The smallest absolute Gasteiger partial charge is 0.255 e. The van der Waals surface area contributed by atoms with Gasteiger partial charge in [0.2, 0.25) is 5.91 Å². The van der Waals surface area contributed by atoms with Crippen molar-refractivity contribution in [3.05, 3.63) is 24.2 Å². The molecule has 2 amide bonds. The first-order valence-corrected chi connectivity index (χ1v) is 7.70. The zero-order valence-corrected chi connectivity index (χ0v) is 12.9. The molecule has 1 aromatic heterocycles. The Bertz CT molecular complexity index is 469. The van der Waals surface area contributed by atoms with Crippen molar-refractivity contribution in [1.29, 1.82) is 0 Å². The summed E-state index contributed by atoms with van der Waals surface area (Å²) in [5, 5.41) is 8.81. The molecule has 1 aliphatic rings. The number of rotatable bonds is 7. The second kappa shape index (κ2) is 8.55. The molecule has 0 spiro atoms. The van der Waals surface area contributed by atoms with E-state index >= 15 is 0 Å². The number of nitrogens with zero attached hydrogens (tertiary/aromatic N) is 1. The van der Waals surface area contributed by atoms with Gasteiger partial charge in [0.1, 0.15) is 12.3 Å². The molecule has 1 unspecified atom stereocenters. The number of carbonyl (C=O) groups is 2. The van der Waals surface area contributed by atoms with Gasteiger partial charge in [-0.15, -0.1) is 0 Å². The fourth-order valence-corrected chi connectivity index (χ4v) is 2.34. The number of hydrogen-bond acceptors (Lipinski definition) is 5. The normalized spacial score (nSPS) is 17.0. The monoisotopic (exact) mass is 308 g/mol. The molecule has 3 N–H and O–H groups in total. The molecule has 2 heterocycles. The predicted molar refractivity (Wildman–Crippen MR) is 82.6 cm³/mol. The highest BCUT2D eigenvalue weighted by Crippen LogP contribution is 2.00. The lowest BCUT2D eigenvalue weighted by atomic mass is 10.2. The number of furan rings is 1. The van der Waals surface area contributed by atoms with E-state index in [0.717, 1.165) is 39.1 Å². The first-order chi connectivity index (χ1) is 10.7. The Kier molecular flexibility index (Phi) is 6.42. The molecule has 1 fully saturated rings. The standard InChI is InChI=1S/C15H24N4O3/c1-12(18-15(21)13-3-10-22-11-13)14(20)17-4-2-7-19-8-5-16-6-9-19/h3,10-12,16H,2,4-9H2,1H3,(H,17,20)(H,18,21). The van der Waals surface area contributed by atoms with E-state index in [-0.39, 0.29) is 11.8 Å². The van der Waals surface area contributed by atoms with Crippen LogP contribution in [0, 0.1) is 0 Å². The fraction of sp³-hybridized carbons (Fsp3) is 0.600. The average Bonchev–Trinajstić information content (AvgIpc) is 3.07. The van der Waals surface area contributed by atoms with E-state index in [9.17, 15) is 9.59 Å². The van der Waals surface area contributed by atoms with Crippen molar-refractivity contribution >= 4 is 11.8 Å². The minimum absolute atomic E-state index is 0.169. The largest absolute Gasteiger partial charge is 0.472 e. The molecule has 7 nitrogen and oxygen atoms in total. The van der Waals surface area contributed by atoms with E-state index in [4.69, 9.17) is 4.42 Å². The third kappa shape index (κ3) is 5.16. The summed E-state index contributed by atoms with van der Waals surface area (Å²) in [6, 6.07) is 0.995. The van der Waals surface area contributed by atoms with Crippen LogP contribution < -0.4 is 16.0 Å². The molecule has 0 aliphatic carbocycles. The minimum Gasteiger partial charge on any atom is -0.472 e. The third-order valence-electron chi connectivity index (χ3n) is 3.68. The molecule has 1 atom stereocenters. The minimum atomic E-state index is -0.568. The maximum Gasteiger partial charge on any atom is 0.255 e. The van der Waals surface area contributed by atoms with E-state index in [1.54, 1.807) is 13.0 Å². The van der Waals surface area contributed by atoms with Gasteiger partial charge in [-0.3, -0.25) is 9.59 Å². The number of hydrogen-bond donors (Lipinski definition) is 3. The number of carbonyl (C=O) groups excluding carboxylic acids is 2. The van der Waals surface area contributed by atoms with Gasteiger partial charge in [-0.1, -0.05) is 0 Å². The summed E-state index contributed by atoms with van der Waals surface area (Å²) in [7, 11) is 0. The molecule has 0 aromatic carbocycles. The van der Waals surface area contributed by atoms with Crippen molar-refractivity contribution in [3.8, 4) is 0 Å². The summed E-state index contributed by atoms with van der Waals surface area (Å²) >= 11 is 0. The SMILES string of the molecule is CC(NC(=O)c1ccoc1)C(=O)NCCCN1CCNCC1. The molecular weight excluding hydrogens is 284 g/mol. The Labute approximate surface area is 130 Å². The second-order valence-electron chi connectivity index (χ2n) is 5.44. The number of amides is 2. The van der Waals surface area contributed by atoms with Gasteiger partial charge in [-0.2, -0.15) is 0 Å². The molecule has 2 rings (SSSR count). The molecule has 0 saturated carbocycles. The van der Waals surface area contributed by atoms with E-state index in [1.807, 2.05) is 0 Å². The highest BCUT2D eigenvalue weighted by Gasteiger charge is 2.17. The van der Waals surface area contributed by atoms with Gasteiger partial charge in [0.15, 0.2) is 0 Å². The zero-order valence-electron chi connectivity index (χ0n) is 12.9. The topological polar surface area (TPSA) is 86.6 Å². The molecule has 0 radical (unpaired) electrons. The van der Waals surface area contributed by atoms with Crippen LogP contribution in [-0.2, 0) is 4.79 Å². The van der Waals surface area contributed by atoms with Crippen LogP contribution in [0.4, 0.5) is 0 Å². The molecule has 22 heavy (non-hydrogen) atoms. The second-order valence-corrected chi connectivity index (χ2v) is 5.44. The summed E-state index contributed by atoms with van der Waals surface area (Å²) < 4.78 is 4.84. The van der Waals surface area contributed by atoms with E-state index in [1.165, 1.54) is 12.5 Å². The maximum absolute atomic E-state index is 11.9. The average molecular weight is 308 g/mol. The molecule has 122 valence electrons. The Balaban J connectivity index is 1.60. The van der Waals surface area contributed by atoms with Crippen molar-refractivity contribution in [3.63, 3.8) is 0 Å². The summed E-state index contributed by atoms with van der Waals surface area (Å²) in [6.45, 7) is 7.46. The van der Waals surface area contributed by atoms with Gasteiger partial charge in [-0.05, 0) is 26.0 Å². The molecule has 7 heteroatoms. The Morgan fingerprint density at radius 3 is 2.86 bits per heavy atom. The predicted octanol–water partition coefficient (Wildman–Crippen LogP) is -0.191. The summed E-state index contributed by atoms with van der Waals surface area (Å²) in [6.07, 6.45) is 3.69. The fourth-order valence-electron chi connectivity index (χ4n) is 2.34. The van der Waals surface area contributed by atoms with Crippen molar-refractivity contribution in [2.75, 3.05) is 39.3 Å². The van der Waals surface area contributed by atoms with Gasteiger partial charge >= 0.3 is 0 Å². The van der Waals surface area contributed by atoms with Crippen LogP contribution in [0.15, 0.2) is 23.0 Å². The van der Waals surface area contributed by atoms with Crippen LogP contribution in [0.3, 0.4) is 0 Å². The Morgan fingerprint density at radius 2 is 2.18 bits per heavy atom. The number of piperazine rings is 1. The highest BCUT2D eigenvalue weighted by atomic mass is 16.3. The van der Waals surface area contributed by atoms with Gasteiger partial charge < -0.3 is 25.3 Å². The van der Waals surface area contributed by atoms with Crippen molar-refractivity contribution in [1.82, 2.24) is 20.9 Å². The van der Waals surface area contributed by atoms with Crippen LogP contribution in [0.2, 0.25) is 0 Å². The number of nitrogens with one attached hydrogen (secondary N) is 3. The first-order valence-electron chi connectivity index (χ1n) is 7.70. The summed E-state index contributed by atoms with van der Waals surface area (Å²) in [5.74, 6) is -0.477. The van der Waals surface area contributed by atoms with Gasteiger partial charge in [0.05, 0.1) is 11.8 Å². The Hall–Kier alpha value is -1.86. The van der Waals surface area contributed by atoms with Crippen LogP contribution in [0.25, 0.3) is 0 Å². The van der Waals surface area contributed by atoms with E-state index in [2.05, 4.69) is 20.9 Å². The van der Waals surface area contributed by atoms with Crippen LogP contribution in [0.1, 0.15) is 23.7 Å². The first kappa shape index (κ1) is 16.5. The Morgan fingerprint density at radius 1 is 1.41 bits per heavy atom. The lowest BCUT2D eigenvalue weighted by Gasteiger charge is -2.27. The van der Waals surface area contributed by atoms with Crippen molar-refractivity contribution < 1.29 is 14.0 Å². The third-order valence-corrected chi connectivity index (χ3v) is 3.68. The molecular formula is C15H24N4O3. The molecule has 1 aliphatic heterocycles. The highest BCUT2D eigenvalue weighted by molar-refractivity contribution is 5.97. The van der Waals surface area contributed by atoms with Gasteiger partial charge in [-0.25, -0.2) is 0 Å². The van der Waals surface area contributed by atoms with Crippen LogP contribution in [0.5, 0.6) is 0 Å². The van der Waals surface area contributed by atoms with Gasteiger partial charge in [0, 0.05) is 32.7 Å². The lowest BCUT2D eigenvalue weighted by Crippen LogP contribution is -2.46. The molecule has 0 bridgehead atoms.